The summed E-state index contributed by atoms with van der Waals surface area (Å²) in [5.41, 5.74) is 0.216. The van der Waals surface area contributed by atoms with Crippen molar-refractivity contribution in [1.82, 2.24) is 0 Å². The summed E-state index contributed by atoms with van der Waals surface area (Å²) in [6.45, 7) is 1.93. The van der Waals surface area contributed by atoms with Crippen LogP contribution in [0.15, 0.2) is 23.1 Å². The molecule has 18 heavy (non-hydrogen) atoms. The van der Waals surface area contributed by atoms with Crippen molar-refractivity contribution in [2.75, 3.05) is 11.9 Å². The van der Waals surface area contributed by atoms with Gasteiger partial charge in [0, 0.05) is 12.6 Å². The van der Waals surface area contributed by atoms with Gasteiger partial charge in [0.05, 0.1) is 10.6 Å². The minimum Gasteiger partial charge on any atom is -0.396 e. The average molecular weight is 276 g/mol. The van der Waals surface area contributed by atoms with E-state index in [1.54, 1.807) is 0 Å². The molecule has 0 amide bonds. The van der Waals surface area contributed by atoms with E-state index in [-0.39, 0.29) is 23.2 Å². The summed E-state index contributed by atoms with van der Waals surface area (Å²) in [6, 6.07) is 3.45. The predicted molar refractivity (Wildman–Crippen MR) is 67.2 cm³/mol. The van der Waals surface area contributed by atoms with Crippen LogP contribution in [0.3, 0.4) is 0 Å². The van der Waals surface area contributed by atoms with Gasteiger partial charge in [-0.05, 0) is 38.0 Å². The van der Waals surface area contributed by atoms with Gasteiger partial charge in [0.25, 0.3) is 0 Å². The first-order valence-electron chi connectivity index (χ1n) is 5.54. The molecule has 1 rings (SSSR count). The Hall–Kier alpha value is -1.18. The van der Waals surface area contributed by atoms with Gasteiger partial charge in [-0.3, -0.25) is 0 Å². The van der Waals surface area contributed by atoms with Crippen molar-refractivity contribution in [1.29, 1.82) is 0 Å². The monoisotopic (exact) mass is 276 g/mol. The summed E-state index contributed by atoms with van der Waals surface area (Å²) in [7, 11) is -3.89. The van der Waals surface area contributed by atoms with Crippen molar-refractivity contribution in [3.63, 3.8) is 0 Å². The molecule has 0 heterocycles. The second-order valence-corrected chi connectivity index (χ2v) is 5.66. The molecular formula is C11H17FN2O3S. The smallest absolute Gasteiger partial charge is 0.238 e. The normalized spacial score (nSPS) is 13.3. The molecule has 0 aliphatic heterocycles. The molecule has 0 bridgehead atoms. The topological polar surface area (TPSA) is 92.4 Å². The fraction of sp³-hybridized carbons (Fsp3) is 0.455. The number of aliphatic hydroxyl groups is 1. The molecule has 1 aromatic rings. The van der Waals surface area contributed by atoms with Crippen LogP contribution in [0.2, 0.25) is 0 Å². The highest BCUT2D eigenvalue weighted by molar-refractivity contribution is 7.89. The highest BCUT2D eigenvalue weighted by Crippen LogP contribution is 2.19. The Kier molecular flexibility index (Phi) is 5.06. The Morgan fingerprint density at radius 2 is 2.17 bits per heavy atom. The summed E-state index contributed by atoms with van der Waals surface area (Å²) in [5, 5.41) is 16.5. The van der Waals surface area contributed by atoms with E-state index in [4.69, 9.17) is 10.2 Å². The lowest BCUT2D eigenvalue weighted by Crippen LogP contribution is -2.17. The van der Waals surface area contributed by atoms with Crippen LogP contribution in [0.1, 0.15) is 19.8 Å². The number of hydrogen-bond donors (Lipinski definition) is 3. The van der Waals surface area contributed by atoms with Gasteiger partial charge in [-0.2, -0.15) is 0 Å². The number of anilines is 1. The van der Waals surface area contributed by atoms with Crippen molar-refractivity contribution in [2.45, 2.75) is 30.7 Å². The summed E-state index contributed by atoms with van der Waals surface area (Å²) < 4.78 is 35.7. The predicted octanol–water partition coefficient (Wildman–Crippen LogP) is 1.05. The van der Waals surface area contributed by atoms with Crippen molar-refractivity contribution in [2.24, 2.45) is 5.14 Å². The van der Waals surface area contributed by atoms with E-state index < -0.39 is 15.8 Å². The lowest BCUT2D eigenvalue weighted by molar-refractivity contribution is 0.282. The molecule has 4 N–H and O–H groups in total. The van der Waals surface area contributed by atoms with Crippen molar-refractivity contribution >= 4 is 15.7 Å². The molecule has 0 fully saturated rings. The average Bonchev–Trinajstić information content (AvgIpc) is 2.27. The van der Waals surface area contributed by atoms with E-state index in [9.17, 15) is 12.8 Å². The first-order chi connectivity index (χ1) is 8.34. The van der Waals surface area contributed by atoms with Crippen LogP contribution in [0.25, 0.3) is 0 Å². The lowest BCUT2D eigenvalue weighted by atomic mass is 10.2. The van der Waals surface area contributed by atoms with Crippen molar-refractivity contribution in [3.05, 3.63) is 24.0 Å². The number of halogens is 1. The summed E-state index contributed by atoms with van der Waals surface area (Å²) in [6.07, 6.45) is 1.30. The molecule has 0 aliphatic carbocycles. The number of rotatable bonds is 6. The van der Waals surface area contributed by atoms with E-state index >= 15 is 0 Å². The summed E-state index contributed by atoms with van der Waals surface area (Å²) >= 11 is 0. The van der Waals surface area contributed by atoms with Gasteiger partial charge in [0.15, 0.2) is 0 Å². The van der Waals surface area contributed by atoms with E-state index in [0.717, 1.165) is 6.07 Å². The van der Waals surface area contributed by atoms with Gasteiger partial charge in [0.2, 0.25) is 10.0 Å². The third-order valence-electron chi connectivity index (χ3n) is 2.47. The van der Waals surface area contributed by atoms with Crippen LogP contribution in [0.5, 0.6) is 0 Å². The van der Waals surface area contributed by atoms with Crippen LogP contribution < -0.4 is 10.5 Å². The number of nitrogens with one attached hydrogen (secondary N) is 1. The van der Waals surface area contributed by atoms with Crippen LogP contribution in [-0.4, -0.2) is 26.2 Å². The van der Waals surface area contributed by atoms with E-state index in [2.05, 4.69) is 5.32 Å². The van der Waals surface area contributed by atoms with Gasteiger partial charge in [-0.15, -0.1) is 0 Å². The molecule has 0 saturated heterocycles. The third kappa shape index (κ3) is 4.25. The maximum Gasteiger partial charge on any atom is 0.238 e. The second kappa shape index (κ2) is 6.12. The third-order valence-corrected chi connectivity index (χ3v) is 3.38. The standard InChI is InChI=1S/C11H17FN2O3S/c1-8(3-2-6-15)14-11-5-4-9(7-10(11)12)18(13,16)17/h4-5,7-8,14-15H,2-3,6H2,1H3,(H2,13,16,17). The van der Waals surface area contributed by atoms with Crippen molar-refractivity contribution < 1.29 is 17.9 Å². The summed E-state index contributed by atoms with van der Waals surface area (Å²) in [4.78, 5) is -0.256. The molecule has 1 aromatic carbocycles. The highest BCUT2D eigenvalue weighted by atomic mass is 32.2. The number of sulfonamides is 1. The Morgan fingerprint density at radius 1 is 1.50 bits per heavy atom. The van der Waals surface area contributed by atoms with Gasteiger partial charge < -0.3 is 10.4 Å². The van der Waals surface area contributed by atoms with Crippen LogP contribution in [-0.2, 0) is 10.0 Å². The molecule has 0 aliphatic rings. The molecule has 0 spiro atoms. The molecular weight excluding hydrogens is 259 g/mol. The number of aliphatic hydroxyl groups excluding tert-OH is 1. The lowest BCUT2D eigenvalue weighted by Gasteiger charge is -2.15. The SMILES string of the molecule is CC(CCCO)Nc1ccc(S(N)(=O)=O)cc1F. The molecule has 0 saturated carbocycles. The molecule has 1 unspecified atom stereocenters. The van der Waals surface area contributed by atoms with Gasteiger partial charge in [0.1, 0.15) is 5.82 Å². The molecule has 0 radical (unpaired) electrons. The van der Waals surface area contributed by atoms with Gasteiger partial charge in [-0.25, -0.2) is 17.9 Å². The van der Waals surface area contributed by atoms with Gasteiger partial charge >= 0.3 is 0 Å². The Bertz CT molecular complexity index is 505. The fourth-order valence-corrected chi connectivity index (χ4v) is 2.05. The number of primary sulfonamides is 1. The number of benzene rings is 1. The van der Waals surface area contributed by atoms with Crippen LogP contribution >= 0.6 is 0 Å². The van der Waals surface area contributed by atoms with Crippen LogP contribution in [0.4, 0.5) is 10.1 Å². The minimum absolute atomic E-state index is 0.0213. The van der Waals surface area contributed by atoms with E-state index in [0.29, 0.717) is 12.8 Å². The highest BCUT2D eigenvalue weighted by Gasteiger charge is 2.12. The molecule has 102 valence electrons. The zero-order chi connectivity index (χ0) is 13.8. The van der Waals surface area contributed by atoms with Crippen molar-refractivity contribution in [3.8, 4) is 0 Å². The molecule has 1 atom stereocenters. The number of hydrogen-bond acceptors (Lipinski definition) is 4. The largest absolute Gasteiger partial charge is 0.396 e. The molecule has 5 nitrogen and oxygen atoms in total. The molecule has 0 aromatic heterocycles. The summed E-state index contributed by atoms with van der Waals surface area (Å²) in [5.74, 6) is -0.669. The zero-order valence-electron chi connectivity index (χ0n) is 10.1. The van der Waals surface area contributed by atoms with Crippen LogP contribution in [0, 0.1) is 5.82 Å². The Balaban J connectivity index is 2.80. The van der Waals surface area contributed by atoms with E-state index in [1.165, 1.54) is 12.1 Å². The maximum absolute atomic E-state index is 13.6. The Labute approximate surface area is 106 Å². The minimum atomic E-state index is -3.89. The fourth-order valence-electron chi connectivity index (χ4n) is 1.52. The first-order valence-corrected chi connectivity index (χ1v) is 7.09. The Morgan fingerprint density at radius 3 is 2.67 bits per heavy atom. The van der Waals surface area contributed by atoms with E-state index in [1.807, 2.05) is 6.92 Å². The maximum atomic E-state index is 13.6. The van der Waals surface area contributed by atoms with Gasteiger partial charge in [-0.1, -0.05) is 0 Å². The first kappa shape index (κ1) is 14.9. The molecule has 7 heteroatoms. The number of nitrogens with two attached hydrogens (primary N) is 1. The quantitative estimate of drug-likeness (QED) is 0.724. The second-order valence-electron chi connectivity index (χ2n) is 4.10. The zero-order valence-corrected chi connectivity index (χ0v) is 10.9.